The van der Waals surface area contributed by atoms with Crippen molar-refractivity contribution in [2.24, 2.45) is 0 Å². The van der Waals surface area contributed by atoms with Crippen molar-refractivity contribution in [1.29, 1.82) is 0 Å². The maximum atomic E-state index is 13.0. The van der Waals surface area contributed by atoms with E-state index in [2.05, 4.69) is 5.32 Å². The average Bonchev–Trinajstić information content (AvgIpc) is 2.85. The summed E-state index contributed by atoms with van der Waals surface area (Å²) in [7, 11) is 0. The van der Waals surface area contributed by atoms with E-state index in [9.17, 15) is 19.1 Å². The molecule has 3 rings (SSSR count). The van der Waals surface area contributed by atoms with E-state index in [0.29, 0.717) is 17.7 Å². The van der Waals surface area contributed by atoms with Crippen LogP contribution in [0.2, 0.25) is 0 Å². The lowest BCUT2D eigenvalue weighted by atomic mass is 9.76. The summed E-state index contributed by atoms with van der Waals surface area (Å²) in [4.78, 5) is 25.1. The Labute approximate surface area is 137 Å². The van der Waals surface area contributed by atoms with Crippen LogP contribution in [0.3, 0.4) is 0 Å². The quantitative estimate of drug-likeness (QED) is 0.898. The van der Waals surface area contributed by atoms with Gasteiger partial charge in [-0.1, -0.05) is 12.1 Å². The molecule has 1 aliphatic carbocycles. The molecule has 0 atom stereocenters. The van der Waals surface area contributed by atoms with E-state index in [-0.39, 0.29) is 11.7 Å². The van der Waals surface area contributed by atoms with Gasteiger partial charge in [-0.3, -0.25) is 4.79 Å². The minimum Gasteiger partial charge on any atom is -0.480 e. The van der Waals surface area contributed by atoms with Crippen molar-refractivity contribution in [2.45, 2.75) is 31.7 Å². The molecule has 1 heterocycles. The summed E-state index contributed by atoms with van der Waals surface area (Å²) in [5.41, 5.74) is 0.569. The highest BCUT2D eigenvalue weighted by Gasteiger charge is 2.45. The number of benzene rings is 1. The van der Waals surface area contributed by atoms with E-state index in [4.69, 9.17) is 0 Å². The second-order valence-corrected chi connectivity index (χ2v) is 7.04. The van der Waals surface area contributed by atoms with Gasteiger partial charge in [0.2, 0.25) is 0 Å². The minimum atomic E-state index is -1.12. The van der Waals surface area contributed by atoms with Gasteiger partial charge in [-0.2, -0.15) is 0 Å². The van der Waals surface area contributed by atoms with Gasteiger partial charge in [-0.25, -0.2) is 9.18 Å². The molecule has 6 heteroatoms. The number of amides is 1. The van der Waals surface area contributed by atoms with Gasteiger partial charge >= 0.3 is 5.97 Å². The highest BCUT2D eigenvalue weighted by atomic mass is 32.1. The third-order valence-corrected chi connectivity index (χ3v) is 5.32. The van der Waals surface area contributed by atoms with Crippen LogP contribution in [-0.2, 0) is 4.79 Å². The van der Waals surface area contributed by atoms with Gasteiger partial charge in [-0.15, -0.1) is 11.3 Å². The van der Waals surface area contributed by atoms with E-state index in [0.717, 1.165) is 22.4 Å². The number of aryl methyl sites for hydroxylation is 1. The zero-order valence-electron chi connectivity index (χ0n) is 12.6. The molecular formula is C17H16FNO3S. The number of hydrogen-bond acceptors (Lipinski definition) is 3. The topological polar surface area (TPSA) is 66.4 Å². The van der Waals surface area contributed by atoms with Crippen LogP contribution in [-0.4, -0.2) is 22.5 Å². The maximum Gasteiger partial charge on any atom is 0.329 e. The van der Waals surface area contributed by atoms with Gasteiger partial charge in [0.1, 0.15) is 11.4 Å². The van der Waals surface area contributed by atoms with Crippen LogP contribution in [0, 0.1) is 12.7 Å². The molecule has 1 fully saturated rings. The fourth-order valence-electron chi connectivity index (χ4n) is 2.71. The summed E-state index contributed by atoms with van der Waals surface area (Å²) in [5.74, 6) is -1.66. The average molecular weight is 333 g/mol. The van der Waals surface area contributed by atoms with Crippen LogP contribution >= 0.6 is 11.3 Å². The van der Waals surface area contributed by atoms with Gasteiger partial charge < -0.3 is 10.4 Å². The van der Waals surface area contributed by atoms with Crippen LogP contribution in [0.25, 0.3) is 11.1 Å². The largest absolute Gasteiger partial charge is 0.480 e. The Morgan fingerprint density at radius 2 is 1.91 bits per heavy atom. The number of carboxylic acids is 1. The molecule has 0 aliphatic heterocycles. The monoisotopic (exact) mass is 333 g/mol. The van der Waals surface area contributed by atoms with Crippen molar-refractivity contribution < 1.29 is 19.1 Å². The highest BCUT2D eigenvalue weighted by Crippen LogP contribution is 2.34. The van der Waals surface area contributed by atoms with Crippen molar-refractivity contribution in [3.05, 3.63) is 45.9 Å². The van der Waals surface area contributed by atoms with Crippen molar-refractivity contribution in [2.75, 3.05) is 0 Å². The van der Waals surface area contributed by atoms with Crippen LogP contribution in [0.15, 0.2) is 30.3 Å². The molecule has 0 spiro atoms. The third kappa shape index (κ3) is 2.86. The molecule has 23 heavy (non-hydrogen) atoms. The van der Waals surface area contributed by atoms with Crippen LogP contribution in [0.5, 0.6) is 0 Å². The van der Waals surface area contributed by atoms with E-state index in [1.165, 1.54) is 23.5 Å². The first-order chi connectivity index (χ1) is 10.9. The normalized spacial score (nSPS) is 15.7. The summed E-state index contributed by atoms with van der Waals surface area (Å²) < 4.78 is 13.0. The standard InChI is InChI=1S/C17H16FNO3S/c1-10-13(11-3-5-12(18)6-4-11)9-14(23-10)15(20)19-17(16(21)22)7-2-8-17/h3-6,9H,2,7-8H2,1H3,(H,19,20)(H,21,22). The fraction of sp³-hybridized carbons (Fsp3) is 0.294. The molecule has 1 amide bonds. The lowest BCUT2D eigenvalue weighted by molar-refractivity contribution is -0.148. The smallest absolute Gasteiger partial charge is 0.329 e. The van der Waals surface area contributed by atoms with Crippen molar-refractivity contribution in [3.63, 3.8) is 0 Å². The van der Waals surface area contributed by atoms with Gasteiger partial charge in [0.25, 0.3) is 5.91 Å². The van der Waals surface area contributed by atoms with Crippen molar-refractivity contribution in [3.8, 4) is 11.1 Å². The van der Waals surface area contributed by atoms with Crippen LogP contribution in [0.1, 0.15) is 33.8 Å². The molecule has 1 aromatic heterocycles. The molecule has 2 N–H and O–H groups in total. The number of carbonyl (C=O) groups excluding carboxylic acids is 1. The zero-order chi connectivity index (χ0) is 16.6. The SMILES string of the molecule is Cc1sc(C(=O)NC2(C(=O)O)CCC2)cc1-c1ccc(F)cc1. The Bertz CT molecular complexity index is 763. The maximum absolute atomic E-state index is 13.0. The summed E-state index contributed by atoms with van der Waals surface area (Å²) in [5, 5.41) is 12.0. The number of rotatable bonds is 4. The zero-order valence-corrected chi connectivity index (χ0v) is 13.4. The highest BCUT2D eigenvalue weighted by molar-refractivity contribution is 7.14. The van der Waals surface area contributed by atoms with Gasteiger partial charge in [-0.05, 0) is 55.5 Å². The van der Waals surface area contributed by atoms with Crippen molar-refractivity contribution >= 4 is 23.2 Å². The molecular weight excluding hydrogens is 317 g/mol. The lowest BCUT2D eigenvalue weighted by Gasteiger charge is -2.38. The first kappa shape index (κ1) is 15.7. The summed E-state index contributed by atoms with van der Waals surface area (Å²) >= 11 is 1.31. The number of aliphatic carboxylic acids is 1. The first-order valence-electron chi connectivity index (χ1n) is 7.33. The minimum absolute atomic E-state index is 0.312. The first-order valence-corrected chi connectivity index (χ1v) is 8.15. The molecule has 1 saturated carbocycles. The Balaban J connectivity index is 1.84. The Kier molecular flexibility index (Phi) is 3.93. The van der Waals surface area contributed by atoms with Gasteiger partial charge in [0.05, 0.1) is 4.88 Å². The predicted molar refractivity (Wildman–Crippen MR) is 86.1 cm³/mol. The molecule has 120 valence electrons. The second kappa shape index (κ2) is 5.77. The van der Waals surface area contributed by atoms with Crippen LogP contribution < -0.4 is 5.32 Å². The Morgan fingerprint density at radius 1 is 1.26 bits per heavy atom. The molecule has 4 nitrogen and oxygen atoms in total. The Morgan fingerprint density at radius 3 is 2.43 bits per heavy atom. The van der Waals surface area contributed by atoms with Gasteiger partial charge in [0.15, 0.2) is 0 Å². The molecule has 1 aromatic carbocycles. The van der Waals surface area contributed by atoms with E-state index >= 15 is 0 Å². The van der Waals surface area contributed by atoms with Gasteiger partial charge in [0, 0.05) is 4.88 Å². The summed E-state index contributed by atoms with van der Waals surface area (Å²) in [6.07, 6.45) is 1.73. The molecule has 0 radical (unpaired) electrons. The van der Waals surface area contributed by atoms with Crippen molar-refractivity contribution in [1.82, 2.24) is 5.32 Å². The van der Waals surface area contributed by atoms with E-state index in [1.807, 2.05) is 6.92 Å². The molecule has 0 bridgehead atoms. The lowest BCUT2D eigenvalue weighted by Crippen LogP contribution is -2.59. The molecule has 0 unspecified atom stereocenters. The summed E-state index contributed by atoms with van der Waals surface area (Å²) in [6, 6.07) is 7.81. The number of hydrogen-bond donors (Lipinski definition) is 2. The molecule has 1 aliphatic rings. The fourth-order valence-corrected chi connectivity index (χ4v) is 3.65. The summed E-state index contributed by atoms with van der Waals surface area (Å²) in [6.45, 7) is 1.89. The van der Waals surface area contributed by atoms with Crippen LogP contribution in [0.4, 0.5) is 4.39 Å². The number of carbonyl (C=O) groups is 2. The molecule has 2 aromatic rings. The third-order valence-electron chi connectivity index (χ3n) is 4.27. The molecule has 0 saturated heterocycles. The number of thiophene rings is 1. The number of nitrogens with one attached hydrogen (secondary N) is 1. The Hall–Kier alpha value is -2.21. The van der Waals surface area contributed by atoms with E-state index < -0.39 is 11.5 Å². The van der Waals surface area contributed by atoms with E-state index in [1.54, 1.807) is 18.2 Å². The number of halogens is 1. The second-order valence-electron chi connectivity index (χ2n) is 5.78. The predicted octanol–water partition coefficient (Wildman–Crippen LogP) is 3.60. The number of carboxylic acid groups (broad SMARTS) is 1.